The van der Waals surface area contributed by atoms with Gasteiger partial charge in [0.05, 0.1) is 5.52 Å². The van der Waals surface area contributed by atoms with Crippen LogP contribution in [0.4, 0.5) is 0 Å². The molecule has 18 heavy (non-hydrogen) atoms. The van der Waals surface area contributed by atoms with Gasteiger partial charge < -0.3 is 0 Å². The van der Waals surface area contributed by atoms with Crippen LogP contribution in [-0.2, 0) is 0 Å². The second-order valence-electron chi connectivity index (χ2n) is 4.06. The number of aryl methyl sites for hydroxylation is 1. The normalized spacial score (nSPS) is 10.7. The maximum absolute atomic E-state index is 4.41. The summed E-state index contributed by atoms with van der Waals surface area (Å²) in [7, 11) is 0. The lowest BCUT2D eigenvalue weighted by Gasteiger charge is -2.06. The minimum atomic E-state index is 1.00. The van der Waals surface area contributed by atoms with E-state index >= 15 is 0 Å². The molecule has 3 aromatic rings. The highest BCUT2D eigenvalue weighted by Crippen LogP contribution is 2.32. The van der Waals surface area contributed by atoms with Crippen LogP contribution >= 0.6 is 11.8 Å². The molecule has 0 unspecified atom stereocenters. The van der Waals surface area contributed by atoms with Crippen molar-refractivity contribution < 1.29 is 0 Å². The van der Waals surface area contributed by atoms with Crippen molar-refractivity contribution >= 4 is 22.7 Å². The first kappa shape index (κ1) is 11.2. The van der Waals surface area contributed by atoms with Gasteiger partial charge >= 0.3 is 0 Å². The molecule has 0 fully saturated rings. The van der Waals surface area contributed by atoms with Crippen LogP contribution in [-0.4, -0.2) is 9.97 Å². The topological polar surface area (TPSA) is 25.8 Å². The highest BCUT2D eigenvalue weighted by molar-refractivity contribution is 7.99. The molecule has 0 spiro atoms. The molecular formula is C15H12N2S. The molecule has 0 aliphatic carbocycles. The highest BCUT2D eigenvalue weighted by Gasteiger charge is 2.07. The van der Waals surface area contributed by atoms with E-state index in [2.05, 4.69) is 35.1 Å². The lowest BCUT2D eigenvalue weighted by molar-refractivity contribution is 1.09. The Balaban J connectivity index is 2.12. The van der Waals surface area contributed by atoms with E-state index in [0.29, 0.717) is 0 Å². The molecule has 0 aliphatic heterocycles. The van der Waals surface area contributed by atoms with Crippen molar-refractivity contribution in [3.05, 3.63) is 60.4 Å². The zero-order chi connectivity index (χ0) is 12.4. The number of aromatic nitrogens is 2. The van der Waals surface area contributed by atoms with Gasteiger partial charge in [0.15, 0.2) is 0 Å². The predicted molar refractivity (Wildman–Crippen MR) is 74.8 cm³/mol. The molecule has 2 nitrogen and oxygen atoms in total. The summed E-state index contributed by atoms with van der Waals surface area (Å²) in [6, 6.07) is 16.4. The van der Waals surface area contributed by atoms with Crippen LogP contribution in [0.3, 0.4) is 0 Å². The van der Waals surface area contributed by atoms with Crippen LogP contribution in [0.5, 0.6) is 0 Å². The van der Waals surface area contributed by atoms with Crippen molar-refractivity contribution in [2.75, 3.05) is 0 Å². The van der Waals surface area contributed by atoms with Crippen LogP contribution < -0.4 is 0 Å². The van der Waals surface area contributed by atoms with E-state index in [1.165, 1.54) is 10.5 Å². The molecule has 0 radical (unpaired) electrons. The van der Waals surface area contributed by atoms with E-state index in [4.69, 9.17) is 0 Å². The van der Waals surface area contributed by atoms with Crippen molar-refractivity contribution in [1.82, 2.24) is 9.97 Å². The number of benzene rings is 2. The molecule has 0 atom stereocenters. The standard InChI is InChI=1S/C15H12N2S/c1-11-6-5-9-13-14(11)15(17-10-16-13)18-12-7-3-2-4-8-12/h2-10H,1H3. The summed E-state index contributed by atoms with van der Waals surface area (Å²) < 4.78 is 0. The molecular weight excluding hydrogens is 240 g/mol. The average Bonchev–Trinajstić information content (AvgIpc) is 2.40. The molecule has 3 heteroatoms. The number of hydrogen-bond acceptors (Lipinski definition) is 3. The summed E-state index contributed by atoms with van der Waals surface area (Å²) in [6.45, 7) is 2.10. The van der Waals surface area contributed by atoms with Gasteiger partial charge in [-0.15, -0.1) is 0 Å². The van der Waals surface area contributed by atoms with E-state index in [-0.39, 0.29) is 0 Å². The third-order valence-corrected chi connectivity index (χ3v) is 3.80. The van der Waals surface area contributed by atoms with E-state index in [1.54, 1.807) is 18.1 Å². The van der Waals surface area contributed by atoms with Gasteiger partial charge in [0, 0.05) is 10.3 Å². The Labute approximate surface area is 110 Å². The zero-order valence-electron chi connectivity index (χ0n) is 10.00. The summed E-state index contributed by atoms with van der Waals surface area (Å²) in [4.78, 5) is 9.93. The van der Waals surface area contributed by atoms with E-state index < -0.39 is 0 Å². The van der Waals surface area contributed by atoms with Crippen molar-refractivity contribution in [3.63, 3.8) is 0 Å². The lowest BCUT2D eigenvalue weighted by atomic mass is 10.1. The Morgan fingerprint density at radius 3 is 2.56 bits per heavy atom. The molecule has 2 aromatic carbocycles. The molecule has 1 heterocycles. The maximum Gasteiger partial charge on any atom is 0.117 e. The summed E-state index contributed by atoms with van der Waals surface area (Å²) in [5, 5.41) is 2.16. The fourth-order valence-corrected chi connectivity index (χ4v) is 2.91. The van der Waals surface area contributed by atoms with Crippen LogP contribution in [0.2, 0.25) is 0 Å². The quantitative estimate of drug-likeness (QED) is 0.642. The van der Waals surface area contributed by atoms with Gasteiger partial charge in [0.1, 0.15) is 11.4 Å². The number of hydrogen-bond donors (Lipinski definition) is 0. The maximum atomic E-state index is 4.41. The molecule has 3 rings (SSSR count). The van der Waals surface area contributed by atoms with Gasteiger partial charge in [-0.05, 0) is 30.7 Å². The van der Waals surface area contributed by atoms with Gasteiger partial charge in [-0.25, -0.2) is 9.97 Å². The lowest BCUT2D eigenvalue weighted by Crippen LogP contribution is -1.89. The SMILES string of the molecule is Cc1cccc2ncnc(Sc3ccccc3)c12. The monoisotopic (exact) mass is 252 g/mol. The average molecular weight is 252 g/mol. The fourth-order valence-electron chi connectivity index (χ4n) is 1.92. The van der Waals surface area contributed by atoms with Crippen LogP contribution in [0.15, 0.2) is 64.8 Å². The third kappa shape index (κ3) is 2.09. The first-order chi connectivity index (χ1) is 8.84. The van der Waals surface area contributed by atoms with Crippen molar-refractivity contribution in [2.24, 2.45) is 0 Å². The fraction of sp³-hybridized carbons (Fsp3) is 0.0667. The molecule has 0 aliphatic rings. The number of rotatable bonds is 2. The summed E-state index contributed by atoms with van der Waals surface area (Å²) in [5.74, 6) is 0. The minimum absolute atomic E-state index is 1.00. The van der Waals surface area contributed by atoms with Gasteiger partial charge in [-0.3, -0.25) is 0 Å². The van der Waals surface area contributed by atoms with Gasteiger partial charge in [0.2, 0.25) is 0 Å². The van der Waals surface area contributed by atoms with Gasteiger partial charge in [0.25, 0.3) is 0 Å². The first-order valence-corrected chi connectivity index (χ1v) is 6.59. The smallest absolute Gasteiger partial charge is 0.117 e. The van der Waals surface area contributed by atoms with Crippen molar-refractivity contribution in [2.45, 2.75) is 16.8 Å². The second-order valence-corrected chi connectivity index (χ2v) is 5.13. The molecule has 0 bridgehead atoms. The molecule has 0 saturated heterocycles. The first-order valence-electron chi connectivity index (χ1n) is 5.78. The summed E-state index contributed by atoms with van der Waals surface area (Å²) in [6.07, 6.45) is 1.63. The van der Waals surface area contributed by atoms with Crippen molar-refractivity contribution in [1.29, 1.82) is 0 Å². The van der Waals surface area contributed by atoms with Gasteiger partial charge in [-0.2, -0.15) is 0 Å². The minimum Gasteiger partial charge on any atom is -0.236 e. The molecule has 88 valence electrons. The van der Waals surface area contributed by atoms with E-state index in [0.717, 1.165) is 15.9 Å². The Hall–Kier alpha value is -1.87. The van der Waals surface area contributed by atoms with Crippen molar-refractivity contribution in [3.8, 4) is 0 Å². The van der Waals surface area contributed by atoms with Gasteiger partial charge in [-0.1, -0.05) is 42.1 Å². The Kier molecular flexibility index (Phi) is 2.99. The van der Waals surface area contributed by atoms with Crippen LogP contribution in [0.25, 0.3) is 10.9 Å². The second kappa shape index (κ2) is 4.78. The predicted octanol–water partition coefficient (Wildman–Crippen LogP) is 4.09. The Bertz CT molecular complexity index is 675. The highest BCUT2D eigenvalue weighted by atomic mass is 32.2. The Morgan fingerprint density at radius 2 is 1.72 bits per heavy atom. The summed E-state index contributed by atoms with van der Waals surface area (Å²) >= 11 is 1.68. The molecule has 0 amide bonds. The largest absolute Gasteiger partial charge is 0.236 e. The third-order valence-electron chi connectivity index (χ3n) is 2.79. The van der Waals surface area contributed by atoms with Crippen LogP contribution in [0.1, 0.15) is 5.56 Å². The van der Waals surface area contributed by atoms with E-state index in [1.807, 2.05) is 30.3 Å². The number of fused-ring (bicyclic) bond motifs is 1. The number of nitrogens with zero attached hydrogens (tertiary/aromatic N) is 2. The molecule has 0 saturated carbocycles. The van der Waals surface area contributed by atoms with E-state index in [9.17, 15) is 0 Å². The van der Waals surface area contributed by atoms with Crippen LogP contribution in [0, 0.1) is 6.92 Å². The Morgan fingerprint density at radius 1 is 0.889 bits per heavy atom. The zero-order valence-corrected chi connectivity index (χ0v) is 10.8. The molecule has 1 aromatic heterocycles. The molecule has 0 N–H and O–H groups in total. The summed E-state index contributed by atoms with van der Waals surface area (Å²) in [5.41, 5.74) is 2.22.